The molecule has 0 spiro atoms. The summed E-state index contributed by atoms with van der Waals surface area (Å²) in [7, 11) is 0. The molecule has 1 fully saturated rings. The molecule has 2 N–H and O–H groups in total. The number of imidazole rings is 1. The summed E-state index contributed by atoms with van der Waals surface area (Å²) in [6, 6.07) is 0. The van der Waals surface area contributed by atoms with Gasteiger partial charge in [0, 0.05) is 0 Å². The maximum absolute atomic E-state index is 6.83. The van der Waals surface area contributed by atoms with Crippen LogP contribution >= 0.6 is 17.4 Å². The van der Waals surface area contributed by atoms with Crippen LogP contribution in [0.3, 0.4) is 0 Å². The maximum atomic E-state index is 6.83. The molecule has 3 heterocycles. The number of hydrogen-bond donors (Lipinski definition) is 1. The first-order chi connectivity index (χ1) is 10.8. The molecule has 5 atom stereocenters. The van der Waals surface area contributed by atoms with Gasteiger partial charge in [-0.05, 0) is 0 Å². The number of alkyl halides is 1. The van der Waals surface area contributed by atoms with Gasteiger partial charge in [0.05, 0.1) is 0 Å². The average molecular weight is 527 g/mol. The molecule has 0 bridgehead atoms. The zero-order valence-electron chi connectivity index (χ0n) is 13.0. The van der Waals surface area contributed by atoms with E-state index in [1.165, 1.54) is 25.1 Å². The summed E-state index contributed by atoms with van der Waals surface area (Å²) < 4.78 is 13.9. The van der Waals surface area contributed by atoms with Crippen LogP contribution in [0.5, 0.6) is 0 Å². The van der Waals surface area contributed by atoms with E-state index in [2.05, 4.69) is 28.5 Å². The minimum absolute atomic E-state index is 0.0663. The Labute approximate surface area is 150 Å². The molecule has 1 aliphatic heterocycles. The summed E-state index contributed by atoms with van der Waals surface area (Å²) in [5, 5.41) is 0. The Bertz CT molecular complexity index is 755. The fourth-order valence-corrected chi connectivity index (χ4v) is 4.06. The normalized spacial score (nSPS) is 31.7. The van der Waals surface area contributed by atoms with E-state index in [0.29, 0.717) is 23.6 Å². The SMILES string of the molecule is C[C@@H]1[C@@H](CO[P+](C)=[W])O[C@@H](n2cnc3c(N)ncnc32)[C@]1(C)Cl. The fraction of sp³-hybridized carbons (Fsp3) is 0.615. The molecule has 0 aromatic carbocycles. The first-order valence-corrected chi connectivity index (χ1v) is 13.1. The van der Waals surface area contributed by atoms with Crippen LogP contribution in [0.25, 0.3) is 11.2 Å². The van der Waals surface area contributed by atoms with Gasteiger partial charge in [-0.25, -0.2) is 0 Å². The molecule has 23 heavy (non-hydrogen) atoms. The van der Waals surface area contributed by atoms with Gasteiger partial charge >= 0.3 is 151 Å². The predicted molar refractivity (Wildman–Crippen MR) is 85.9 cm³/mol. The summed E-state index contributed by atoms with van der Waals surface area (Å²) in [6.45, 7) is 6.72. The second kappa shape index (κ2) is 6.45. The second-order valence-electron chi connectivity index (χ2n) is 5.79. The van der Waals surface area contributed by atoms with Crippen LogP contribution in [0.2, 0.25) is 0 Å². The van der Waals surface area contributed by atoms with Gasteiger partial charge in [-0.15, -0.1) is 0 Å². The number of hydrogen-bond acceptors (Lipinski definition) is 6. The molecule has 1 saturated heterocycles. The first kappa shape index (κ1) is 17.4. The van der Waals surface area contributed by atoms with Gasteiger partial charge in [0.25, 0.3) is 0 Å². The van der Waals surface area contributed by atoms with Gasteiger partial charge in [-0.1, -0.05) is 0 Å². The number of anilines is 1. The molecule has 0 aliphatic carbocycles. The van der Waals surface area contributed by atoms with E-state index >= 15 is 0 Å². The van der Waals surface area contributed by atoms with Crippen molar-refractivity contribution in [1.82, 2.24) is 19.5 Å². The molecular formula is C13H18ClN5O2PW+. The number of nitrogens with zero attached hydrogens (tertiary/aromatic N) is 4. The van der Waals surface area contributed by atoms with Gasteiger partial charge in [-0.3, -0.25) is 0 Å². The van der Waals surface area contributed by atoms with E-state index in [1.807, 2.05) is 11.5 Å². The third-order valence-corrected chi connectivity index (χ3v) is 6.47. The van der Waals surface area contributed by atoms with E-state index in [1.54, 1.807) is 6.33 Å². The second-order valence-corrected chi connectivity index (χ2v) is 13.3. The van der Waals surface area contributed by atoms with Crippen molar-refractivity contribution in [2.45, 2.75) is 31.1 Å². The molecule has 7 nitrogen and oxygen atoms in total. The number of nitrogens with two attached hydrogens (primary N) is 1. The summed E-state index contributed by atoms with van der Waals surface area (Å²) in [6.07, 6.45) is 2.63. The van der Waals surface area contributed by atoms with E-state index < -0.39 is 4.87 Å². The van der Waals surface area contributed by atoms with Gasteiger partial charge < -0.3 is 0 Å². The fourth-order valence-electron chi connectivity index (χ4n) is 2.75. The van der Waals surface area contributed by atoms with Crippen LogP contribution in [0.4, 0.5) is 5.82 Å². The average Bonchev–Trinajstić information content (AvgIpc) is 2.99. The number of nitrogen functional groups attached to an aromatic ring is 1. The van der Waals surface area contributed by atoms with E-state index in [4.69, 9.17) is 26.6 Å². The van der Waals surface area contributed by atoms with Crippen molar-refractivity contribution in [2.75, 3.05) is 19.0 Å². The Hall–Kier alpha value is -0.452. The van der Waals surface area contributed by atoms with Gasteiger partial charge in [0.15, 0.2) is 0 Å². The Kier molecular flexibility index (Phi) is 4.87. The van der Waals surface area contributed by atoms with Gasteiger partial charge in [-0.2, -0.15) is 0 Å². The van der Waals surface area contributed by atoms with E-state index in [0.717, 1.165) is 0 Å². The molecule has 1 aliphatic rings. The molecule has 2 aromatic rings. The summed E-state index contributed by atoms with van der Waals surface area (Å²) >= 11 is 8.29. The standard InChI is InChI=1S/C13H18ClN5O2P.W/c1-7-8(4-20-22-3)21-12(13(7,2)14)19-6-18-9-10(15)16-5-17-11(9)19;/h5-8,12H,4H2,1-3H3,(H2,15,16,17);/q-1;+2/t7-,8-,12-,13-;/m1./s1. The summed E-state index contributed by atoms with van der Waals surface area (Å²) in [5.74, 6) is 0.115. The van der Waals surface area contributed by atoms with Crippen molar-refractivity contribution >= 4 is 34.4 Å². The topological polar surface area (TPSA) is 88.1 Å². The Morgan fingerprint density at radius 3 is 2.96 bits per heavy atom. The van der Waals surface area contributed by atoms with Crippen molar-refractivity contribution in [3.63, 3.8) is 0 Å². The first-order valence-electron chi connectivity index (χ1n) is 7.13. The van der Waals surface area contributed by atoms with Crippen LogP contribution in [0.1, 0.15) is 20.1 Å². The molecular weight excluding hydrogens is 508 g/mol. The number of rotatable bonds is 4. The number of fused-ring (bicyclic) bond motifs is 1. The summed E-state index contributed by atoms with van der Waals surface area (Å²) in [5.41, 5.74) is 7.04. The van der Waals surface area contributed by atoms with Crippen molar-refractivity contribution < 1.29 is 28.1 Å². The van der Waals surface area contributed by atoms with Crippen molar-refractivity contribution in [1.29, 1.82) is 0 Å². The van der Waals surface area contributed by atoms with Crippen molar-refractivity contribution in [2.24, 2.45) is 5.92 Å². The molecule has 0 saturated carbocycles. The Morgan fingerprint density at radius 1 is 1.52 bits per heavy atom. The van der Waals surface area contributed by atoms with Crippen LogP contribution < -0.4 is 5.73 Å². The number of aromatic nitrogens is 4. The Balaban J connectivity index is 1.95. The predicted octanol–water partition coefficient (Wildman–Crippen LogP) is 2.44. The van der Waals surface area contributed by atoms with E-state index in [-0.39, 0.29) is 24.0 Å². The van der Waals surface area contributed by atoms with Gasteiger partial charge in [0.2, 0.25) is 0 Å². The minimum atomic E-state index is -0.599. The molecule has 1 unspecified atom stereocenters. The quantitative estimate of drug-likeness (QED) is 0.487. The zero-order chi connectivity index (χ0) is 16.8. The molecule has 2 aromatic heterocycles. The molecule has 0 radical (unpaired) electrons. The molecule has 0 amide bonds. The summed E-state index contributed by atoms with van der Waals surface area (Å²) in [4.78, 5) is 11.9. The van der Waals surface area contributed by atoms with Crippen LogP contribution in [-0.4, -0.2) is 43.8 Å². The van der Waals surface area contributed by atoms with Crippen molar-refractivity contribution in [3.05, 3.63) is 12.7 Å². The monoisotopic (exact) mass is 526 g/mol. The molecule has 3 rings (SSSR count). The number of ether oxygens (including phenoxy) is 1. The van der Waals surface area contributed by atoms with Crippen LogP contribution in [-0.2, 0) is 28.1 Å². The van der Waals surface area contributed by atoms with E-state index in [9.17, 15) is 0 Å². The Morgan fingerprint density at radius 2 is 2.26 bits per heavy atom. The number of halogens is 1. The van der Waals surface area contributed by atoms with Crippen LogP contribution in [0.15, 0.2) is 12.7 Å². The van der Waals surface area contributed by atoms with Crippen molar-refractivity contribution in [3.8, 4) is 0 Å². The molecule has 124 valence electrons. The third-order valence-electron chi connectivity index (χ3n) is 4.29. The molecule has 10 heteroatoms. The zero-order valence-corrected chi connectivity index (χ0v) is 17.6. The van der Waals surface area contributed by atoms with Crippen LogP contribution in [0, 0.1) is 5.92 Å². The third kappa shape index (κ3) is 3.10. The van der Waals surface area contributed by atoms with Gasteiger partial charge in [0.1, 0.15) is 0 Å².